The molecule has 5 nitrogen and oxygen atoms in total. The molecular weight excluding hydrogens is 310 g/mol. The number of thioether (sulfide) groups is 1. The Labute approximate surface area is 141 Å². The van der Waals surface area contributed by atoms with Gasteiger partial charge in [0.15, 0.2) is 0 Å². The van der Waals surface area contributed by atoms with Crippen molar-refractivity contribution < 1.29 is 9.53 Å². The Morgan fingerprint density at radius 2 is 2.17 bits per heavy atom. The van der Waals surface area contributed by atoms with Gasteiger partial charge >= 0.3 is 0 Å². The van der Waals surface area contributed by atoms with Gasteiger partial charge in [-0.1, -0.05) is 12.1 Å². The molecule has 1 aliphatic heterocycles. The van der Waals surface area contributed by atoms with Gasteiger partial charge in [0, 0.05) is 6.54 Å². The second kappa shape index (κ2) is 6.93. The average Bonchev–Trinajstić information content (AvgIpc) is 2.88. The fourth-order valence-electron chi connectivity index (χ4n) is 3.02. The highest BCUT2D eigenvalue weighted by Gasteiger charge is 2.28. The van der Waals surface area contributed by atoms with E-state index < -0.39 is 0 Å². The summed E-state index contributed by atoms with van der Waals surface area (Å²) in [4.78, 5) is 19.5. The number of hydrogen-bond donors (Lipinski definition) is 0. The van der Waals surface area contributed by atoms with Gasteiger partial charge in [0.2, 0.25) is 5.91 Å². The monoisotopic (exact) mass is 333 g/mol. The van der Waals surface area contributed by atoms with Crippen molar-refractivity contribution in [3.63, 3.8) is 0 Å². The molecule has 0 aliphatic carbocycles. The number of fused-ring (bicyclic) bond motifs is 1. The second-order valence-corrected chi connectivity index (χ2v) is 6.94. The van der Waals surface area contributed by atoms with E-state index in [0.717, 1.165) is 22.6 Å². The van der Waals surface area contributed by atoms with E-state index in [9.17, 15) is 4.79 Å². The summed E-state index contributed by atoms with van der Waals surface area (Å²) in [5.41, 5.74) is 1.98. The van der Waals surface area contributed by atoms with Crippen LogP contribution in [0.1, 0.15) is 19.7 Å². The van der Waals surface area contributed by atoms with Crippen LogP contribution in [-0.2, 0) is 21.8 Å². The fourth-order valence-corrected chi connectivity index (χ4v) is 3.50. The molecule has 0 spiro atoms. The first kappa shape index (κ1) is 16.3. The molecule has 6 heteroatoms. The molecule has 1 aromatic heterocycles. The maximum Gasteiger partial charge on any atom is 0.242 e. The molecule has 2 aromatic rings. The van der Waals surface area contributed by atoms with Crippen LogP contribution in [0.2, 0.25) is 0 Å². The van der Waals surface area contributed by atoms with Crippen LogP contribution in [0.25, 0.3) is 11.0 Å². The lowest BCUT2D eigenvalue weighted by Crippen LogP contribution is -2.51. The summed E-state index contributed by atoms with van der Waals surface area (Å²) in [6.45, 7) is 5.66. The van der Waals surface area contributed by atoms with Crippen molar-refractivity contribution in [1.82, 2.24) is 14.5 Å². The van der Waals surface area contributed by atoms with Gasteiger partial charge in [0.05, 0.1) is 35.5 Å². The van der Waals surface area contributed by atoms with Gasteiger partial charge in [-0.2, -0.15) is 11.8 Å². The summed E-state index contributed by atoms with van der Waals surface area (Å²) in [6.07, 6.45) is 2.15. The second-order valence-electron chi connectivity index (χ2n) is 6.07. The Kier molecular flexibility index (Phi) is 4.92. The van der Waals surface area contributed by atoms with Crippen molar-refractivity contribution in [1.29, 1.82) is 0 Å². The highest BCUT2D eigenvalue weighted by molar-refractivity contribution is 7.97. The van der Waals surface area contributed by atoms with E-state index in [1.807, 2.05) is 43.0 Å². The lowest BCUT2D eigenvalue weighted by Gasteiger charge is -2.37. The largest absolute Gasteiger partial charge is 0.375 e. The number of imidazole rings is 1. The Bertz CT molecular complexity index is 700. The third-order valence-corrected chi connectivity index (χ3v) is 4.78. The predicted octanol–water partition coefficient (Wildman–Crippen LogP) is 2.54. The first-order chi connectivity index (χ1) is 11.1. The fraction of sp³-hybridized carbons (Fsp3) is 0.529. The normalized spacial score (nSPS) is 21.8. The number of amides is 1. The van der Waals surface area contributed by atoms with E-state index >= 15 is 0 Å². The third kappa shape index (κ3) is 3.38. The van der Waals surface area contributed by atoms with Gasteiger partial charge in [-0.3, -0.25) is 4.79 Å². The van der Waals surface area contributed by atoms with Crippen LogP contribution in [0.4, 0.5) is 0 Å². The Balaban J connectivity index is 1.87. The molecular formula is C17H23N3O2S. The van der Waals surface area contributed by atoms with E-state index in [1.54, 1.807) is 11.8 Å². The molecule has 1 amide bonds. The lowest BCUT2D eigenvalue weighted by atomic mass is 10.2. The molecule has 2 atom stereocenters. The SMILES string of the molecule is CSCc1nc2ccccc2n1CC(=O)N1C[C@@H](C)OC[C@H]1C. The summed E-state index contributed by atoms with van der Waals surface area (Å²) >= 11 is 1.72. The molecule has 0 unspecified atom stereocenters. The van der Waals surface area contributed by atoms with E-state index in [4.69, 9.17) is 4.74 Å². The van der Waals surface area contributed by atoms with Crippen LogP contribution in [0.5, 0.6) is 0 Å². The van der Waals surface area contributed by atoms with Crippen molar-refractivity contribution in [3.8, 4) is 0 Å². The maximum absolute atomic E-state index is 12.8. The van der Waals surface area contributed by atoms with Gasteiger partial charge in [0.25, 0.3) is 0 Å². The van der Waals surface area contributed by atoms with Gasteiger partial charge in [-0.05, 0) is 32.2 Å². The number of ether oxygens (including phenoxy) is 1. The summed E-state index contributed by atoms with van der Waals surface area (Å²) in [5.74, 6) is 1.90. The number of aromatic nitrogens is 2. The Morgan fingerprint density at radius 1 is 1.39 bits per heavy atom. The average molecular weight is 333 g/mol. The maximum atomic E-state index is 12.8. The number of hydrogen-bond acceptors (Lipinski definition) is 4. The molecule has 1 aliphatic rings. The molecule has 124 valence electrons. The zero-order valence-electron chi connectivity index (χ0n) is 13.9. The van der Waals surface area contributed by atoms with Gasteiger partial charge < -0.3 is 14.2 Å². The van der Waals surface area contributed by atoms with Gasteiger partial charge in [-0.25, -0.2) is 4.98 Å². The van der Waals surface area contributed by atoms with Crippen molar-refractivity contribution in [2.75, 3.05) is 19.4 Å². The summed E-state index contributed by atoms with van der Waals surface area (Å²) in [7, 11) is 0. The first-order valence-corrected chi connectivity index (χ1v) is 9.33. The Morgan fingerprint density at radius 3 is 2.96 bits per heavy atom. The van der Waals surface area contributed by atoms with E-state index in [1.165, 1.54) is 0 Å². The van der Waals surface area contributed by atoms with Crippen molar-refractivity contribution in [2.24, 2.45) is 0 Å². The number of carbonyl (C=O) groups excluding carboxylic acids is 1. The van der Waals surface area contributed by atoms with Gasteiger partial charge in [0.1, 0.15) is 12.4 Å². The van der Waals surface area contributed by atoms with Crippen molar-refractivity contribution in [3.05, 3.63) is 30.1 Å². The molecule has 1 fully saturated rings. The number of carbonyl (C=O) groups is 1. The highest BCUT2D eigenvalue weighted by atomic mass is 32.2. The minimum Gasteiger partial charge on any atom is -0.375 e. The molecule has 1 saturated heterocycles. The van der Waals surface area contributed by atoms with Crippen molar-refractivity contribution in [2.45, 2.75) is 38.3 Å². The predicted molar refractivity (Wildman–Crippen MR) is 93.5 cm³/mol. The smallest absolute Gasteiger partial charge is 0.242 e. The topological polar surface area (TPSA) is 47.4 Å². The van der Waals surface area contributed by atoms with Crippen LogP contribution in [-0.4, -0.2) is 51.9 Å². The number of rotatable bonds is 4. The first-order valence-electron chi connectivity index (χ1n) is 7.94. The molecule has 0 saturated carbocycles. The molecule has 0 bridgehead atoms. The van der Waals surface area contributed by atoms with E-state index in [0.29, 0.717) is 19.7 Å². The molecule has 3 rings (SSSR count). The molecule has 0 radical (unpaired) electrons. The van der Waals surface area contributed by atoms with Crippen LogP contribution >= 0.6 is 11.8 Å². The zero-order valence-corrected chi connectivity index (χ0v) is 14.7. The molecule has 0 N–H and O–H groups in total. The Hall–Kier alpha value is -1.53. The standard InChI is InChI=1S/C17H23N3O2S/c1-12-10-22-13(2)8-19(12)17(21)9-20-15-7-5-4-6-14(15)18-16(20)11-23-3/h4-7,12-13H,8-11H2,1-3H3/t12-,13-/m1/s1. The minimum atomic E-state index is 0.0975. The summed E-state index contributed by atoms with van der Waals surface area (Å²) < 4.78 is 7.68. The van der Waals surface area contributed by atoms with Crippen LogP contribution in [0.15, 0.2) is 24.3 Å². The van der Waals surface area contributed by atoms with Crippen LogP contribution in [0.3, 0.4) is 0 Å². The lowest BCUT2D eigenvalue weighted by molar-refractivity contribution is -0.143. The number of benzene rings is 1. The highest BCUT2D eigenvalue weighted by Crippen LogP contribution is 2.20. The van der Waals surface area contributed by atoms with Crippen LogP contribution < -0.4 is 0 Å². The number of para-hydroxylation sites is 2. The number of nitrogens with zero attached hydrogens (tertiary/aromatic N) is 3. The van der Waals surface area contributed by atoms with E-state index in [-0.39, 0.29) is 18.1 Å². The molecule has 2 heterocycles. The minimum absolute atomic E-state index is 0.0975. The van der Waals surface area contributed by atoms with Crippen molar-refractivity contribution >= 4 is 28.7 Å². The zero-order chi connectivity index (χ0) is 16.4. The van der Waals surface area contributed by atoms with Gasteiger partial charge in [-0.15, -0.1) is 0 Å². The summed E-state index contributed by atoms with van der Waals surface area (Å²) in [6, 6.07) is 8.13. The number of morpholine rings is 1. The van der Waals surface area contributed by atoms with Crippen LogP contribution in [0, 0.1) is 0 Å². The van der Waals surface area contributed by atoms with E-state index in [2.05, 4.69) is 15.8 Å². The summed E-state index contributed by atoms with van der Waals surface area (Å²) in [5, 5.41) is 0. The third-order valence-electron chi connectivity index (χ3n) is 4.23. The molecule has 23 heavy (non-hydrogen) atoms. The molecule has 1 aromatic carbocycles. The quantitative estimate of drug-likeness (QED) is 0.863.